The summed E-state index contributed by atoms with van der Waals surface area (Å²) in [5.41, 5.74) is -0.421. The number of ether oxygens (including phenoxy) is 4. The second-order valence-corrected chi connectivity index (χ2v) is 19.5. The van der Waals surface area contributed by atoms with Crippen LogP contribution in [0.25, 0.3) is 10.8 Å². The number of ketones is 1. The number of aliphatic hydroxyl groups is 2. The van der Waals surface area contributed by atoms with Gasteiger partial charge < -0.3 is 49.8 Å². The highest BCUT2D eigenvalue weighted by Gasteiger charge is 2.53. The number of methoxy groups -OCH3 is 1. The highest BCUT2D eigenvalue weighted by atomic mass is 16.7. The average Bonchev–Trinajstić information content (AvgIpc) is 3.51. The third-order valence-corrected chi connectivity index (χ3v) is 15.1. The summed E-state index contributed by atoms with van der Waals surface area (Å²) in [6, 6.07) is 0. The molecule has 3 heterocycles. The highest BCUT2D eigenvalue weighted by molar-refractivity contribution is 6.23. The lowest BCUT2D eigenvalue weighted by Crippen LogP contribution is -2.57. The molecule has 4 fully saturated rings. The van der Waals surface area contributed by atoms with Gasteiger partial charge in [0.2, 0.25) is 0 Å². The first kappa shape index (κ1) is 46.9. The summed E-state index contributed by atoms with van der Waals surface area (Å²) in [4.78, 5) is 41.0. The number of hydrogen-bond acceptors (Lipinski definition) is 14. The molecule has 7 aliphatic rings. The van der Waals surface area contributed by atoms with Gasteiger partial charge in [0.15, 0.2) is 5.75 Å². The number of aromatic hydroxyl groups is 3. The molecule has 4 aliphatic carbocycles. The fourth-order valence-electron chi connectivity index (χ4n) is 11.6. The van der Waals surface area contributed by atoms with Gasteiger partial charge in [-0.05, 0) is 76.2 Å². The number of anilines is 1. The Morgan fingerprint density at radius 1 is 0.906 bits per heavy atom. The highest BCUT2D eigenvalue weighted by Crippen LogP contribution is 2.58. The van der Waals surface area contributed by atoms with E-state index in [4.69, 9.17) is 24.0 Å². The predicted octanol–water partition coefficient (Wildman–Crippen LogP) is 6.99. The molecule has 15 heteroatoms. The number of allylic oxidation sites excluding steroid dienone is 2. The van der Waals surface area contributed by atoms with Crippen LogP contribution in [0.15, 0.2) is 41.2 Å². The Morgan fingerprint density at radius 3 is 2.12 bits per heavy atom. The number of phenols is 3. The molecule has 348 valence electrons. The van der Waals surface area contributed by atoms with Crippen molar-refractivity contribution in [2.45, 2.75) is 130 Å². The van der Waals surface area contributed by atoms with Crippen molar-refractivity contribution in [2.24, 2.45) is 46.5 Å². The predicted molar refractivity (Wildman–Crippen MR) is 240 cm³/mol. The van der Waals surface area contributed by atoms with Crippen molar-refractivity contribution >= 4 is 40.3 Å². The number of amides is 1. The zero-order chi connectivity index (χ0) is 46.7. The summed E-state index contributed by atoms with van der Waals surface area (Å²) in [6.45, 7) is 12.6. The van der Waals surface area contributed by atoms with Crippen LogP contribution >= 0.6 is 0 Å². The first-order valence-electron chi connectivity index (χ1n) is 22.5. The smallest absolute Gasteiger partial charge is 0.312 e. The third-order valence-electron chi connectivity index (χ3n) is 15.1. The second kappa shape index (κ2) is 17.7. The van der Waals surface area contributed by atoms with E-state index >= 15 is 0 Å². The van der Waals surface area contributed by atoms with Gasteiger partial charge in [0.1, 0.15) is 23.4 Å². The van der Waals surface area contributed by atoms with Crippen LogP contribution in [0.3, 0.4) is 0 Å². The molecular formula is C49H65N3O12. The minimum Gasteiger partial charge on any atom is -0.507 e. The van der Waals surface area contributed by atoms with E-state index in [2.05, 4.69) is 5.32 Å². The van der Waals surface area contributed by atoms with Gasteiger partial charge in [-0.25, -0.2) is 0 Å². The maximum atomic E-state index is 14.6. The van der Waals surface area contributed by atoms with E-state index in [1.807, 2.05) is 12.1 Å². The molecule has 9 bridgehead atoms. The maximum absolute atomic E-state index is 14.6. The van der Waals surface area contributed by atoms with E-state index in [1.54, 1.807) is 46.8 Å². The van der Waals surface area contributed by atoms with Crippen molar-refractivity contribution in [3.8, 4) is 23.0 Å². The molecule has 2 aromatic carbocycles. The first-order valence-corrected chi connectivity index (χ1v) is 22.5. The Hall–Kier alpha value is -5.12. The Morgan fingerprint density at radius 2 is 1.53 bits per heavy atom. The molecule has 0 aromatic heterocycles. The minimum absolute atomic E-state index is 0.0690. The third kappa shape index (κ3) is 8.23. The zero-order valence-electron chi connectivity index (χ0n) is 38.5. The Kier molecular flexibility index (Phi) is 13.0. The van der Waals surface area contributed by atoms with Gasteiger partial charge in [-0.15, -0.1) is 0 Å². The molecule has 0 saturated heterocycles. The van der Waals surface area contributed by atoms with Crippen LogP contribution in [-0.2, 0) is 23.8 Å². The molecule has 9 unspecified atom stereocenters. The Bertz CT molecular complexity index is 2280. The number of hydrogen-bond donors (Lipinski definition) is 6. The van der Waals surface area contributed by atoms with Crippen LogP contribution in [-0.4, -0.2) is 104 Å². The largest absolute Gasteiger partial charge is 0.507 e. The molecule has 64 heavy (non-hydrogen) atoms. The topological polar surface area (TPSA) is 217 Å². The molecule has 9 atom stereocenters. The Labute approximate surface area is 374 Å². The van der Waals surface area contributed by atoms with Crippen LogP contribution in [0, 0.1) is 48.3 Å². The molecule has 4 saturated carbocycles. The van der Waals surface area contributed by atoms with E-state index in [9.17, 15) is 39.9 Å². The molecule has 9 rings (SSSR count). The Balaban J connectivity index is 1.37. The molecule has 0 spiro atoms. The van der Waals surface area contributed by atoms with Crippen molar-refractivity contribution in [2.75, 3.05) is 19.5 Å². The minimum atomic E-state index is -2.04. The van der Waals surface area contributed by atoms with Gasteiger partial charge in [0, 0.05) is 68.2 Å². The van der Waals surface area contributed by atoms with E-state index < -0.39 is 88.8 Å². The molecule has 3 aliphatic heterocycles. The number of benzene rings is 2. The number of carbonyl (C=O) groups is 3. The normalized spacial score (nSPS) is 35.4. The number of hydrazone groups is 1. The lowest BCUT2D eigenvalue weighted by atomic mass is 9.53. The quantitative estimate of drug-likeness (QED) is 0.0588. The van der Waals surface area contributed by atoms with Crippen molar-refractivity contribution in [3.63, 3.8) is 0 Å². The fourth-order valence-corrected chi connectivity index (χ4v) is 11.6. The van der Waals surface area contributed by atoms with Gasteiger partial charge in [-0.1, -0.05) is 45.9 Å². The second-order valence-electron chi connectivity index (χ2n) is 19.5. The summed E-state index contributed by atoms with van der Waals surface area (Å²) in [6.07, 6.45) is 11.7. The van der Waals surface area contributed by atoms with Crippen LogP contribution in [0.1, 0.15) is 108 Å². The number of carbonyl (C=O) groups excluding carboxylic acids is 3. The van der Waals surface area contributed by atoms with Gasteiger partial charge in [0.25, 0.3) is 11.7 Å². The number of fused-ring (bicyclic) bond motifs is 14. The van der Waals surface area contributed by atoms with Gasteiger partial charge in [0.05, 0.1) is 58.5 Å². The molecule has 2 aromatic rings. The van der Waals surface area contributed by atoms with E-state index in [-0.39, 0.29) is 50.0 Å². The summed E-state index contributed by atoms with van der Waals surface area (Å²) < 4.78 is 23.8. The van der Waals surface area contributed by atoms with Gasteiger partial charge in [-0.2, -0.15) is 5.10 Å². The van der Waals surface area contributed by atoms with Crippen LogP contribution in [0.5, 0.6) is 23.0 Å². The molecule has 15 nitrogen and oxygen atoms in total. The summed E-state index contributed by atoms with van der Waals surface area (Å²) in [5.74, 6) is -6.36. The van der Waals surface area contributed by atoms with Crippen molar-refractivity contribution in [1.29, 1.82) is 0 Å². The van der Waals surface area contributed by atoms with E-state index in [1.165, 1.54) is 71.8 Å². The number of nitrogens with one attached hydrogen (secondary N) is 1. The average molecular weight is 888 g/mol. The summed E-state index contributed by atoms with van der Waals surface area (Å²) in [7, 11) is 3.36. The zero-order valence-corrected chi connectivity index (χ0v) is 38.5. The molecule has 1 amide bonds. The molecular weight excluding hydrogens is 823 g/mol. The number of phenolic OH excluding ortho intramolecular Hbond substituents is 3. The standard InChI is InChI=1S/C49H65N3O12/c1-23-12-11-13-24(2)47(60)51-38-33(22-50-52(9)49-19-30-16-31(20-49)18-32(17-30)21-49)42(57)35-36(43(38)58)41(56)28(6)45-37(35)46(59)48(8,64-45)62-15-14-34(61-10)25(3)44(63-29(7)53)27(5)40(55)26(4)39(23)54/h11-15,22-23,25-27,30-32,34,39-40,44,54-58H,16-21H2,1-10H3,(H,51,60). The number of Topliss-reactive ketones (excluding diaryl/α,β-unsaturated/α-hetero) is 1. The van der Waals surface area contributed by atoms with Crippen molar-refractivity contribution in [1.82, 2.24) is 5.01 Å². The number of esters is 1. The summed E-state index contributed by atoms with van der Waals surface area (Å²) >= 11 is 0. The van der Waals surface area contributed by atoms with Crippen molar-refractivity contribution < 1.29 is 58.9 Å². The van der Waals surface area contributed by atoms with Gasteiger partial charge in [-0.3, -0.25) is 19.4 Å². The number of nitrogens with zero attached hydrogens (tertiary/aromatic N) is 2. The monoisotopic (exact) mass is 887 g/mol. The lowest BCUT2D eigenvalue weighted by Gasteiger charge is -2.59. The number of rotatable bonds is 5. The van der Waals surface area contributed by atoms with Crippen molar-refractivity contribution in [3.05, 3.63) is 52.8 Å². The SMILES string of the molecule is COC1C=COC2(C)Oc3c(C)c(O)c4c(O)c(c(C=NN(C)C56CC7CC(CC(C7)C5)C6)c(O)c4c3C2=O)NC(=O)C(C)=CC=CC(C)C(O)C(C)C(O)C(C)C(OC(C)=O)C1C. The first-order chi connectivity index (χ1) is 30.1. The molecule has 0 radical (unpaired) electrons. The van der Waals surface area contributed by atoms with Crippen LogP contribution < -0.4 is 10.1 Å². The fraction of sp³-hybridized carbons (Fsp3) is 0.592. The number of aliphatic hydroxyl groups excluding tert-OH is 2. The lowest BCUT2D eigenvalue weighted by molar-refractivity contribution is -0.160. The van der Waals surface area contributed by atoms with Gasteiger partial charge >= 0.3 is 11.8 Å². The van der Waals surface area contributed by atoms with E-state index in [0.717, 1.165) is 19.3 Å². The summed E-state index contributed by atoms with van der Waals surface area (Å²) in [5, 5.41) is 68.3. The molecule has 6 N–H and O–H groups in total. The van der Waals surface area contributed by atoms with E-state index in [0.29, 0.717) is 17.8 Å². The maximum Gasteiger partial charge on any atom is 0.312 e. The van der Waals surface area contributed by atoms with Crippen LogP contribution in [0.2, 0.25) is 0 Å². The van der Waals surface area contributed by atoms with Crippen LogP contribution in [0.4, 0.5) is 5.69 Å².